The zero-order chi connectivity index (χ0) is 17.0. The van der Waals surface area contributed by atoms with Gasteiger partial charge < -0.3 is 10.2 Å². The minimum Gasteiger partial charge on any atom is -0.393 e. The van der Waals surface area contributed by atoms with E-state index < -0.39 is 22.0 Å². The summed E-state index contributed by atoms with van der Waals surface area (Å²) in [5.74, 6) is 0. The van der Waals surface area contributed by atoms with Crippen molar-refractivity contribution in [3.05, 3.63) is 59.7 Å². The Morgan fingerprint density at radius 3 is 1.48 bits per heavy atom. The average molecular weight is 334 g/mol. The summed E-state index contributed by atoms with van der Waals surface area (Å²) >= 11 is 0. The highest BCUT2D eigenvalue weighted by Crippen LogP contribution is 2.28. The minimum atomic E-state index is -3.71. The average Bonchev–Trinajstić information content (AvgIpc) is 2.46. The lowest BCUT2D eigenvalue weighted by Gasteiger charge is -2.15. The molecule has 2 atom stereocenters. The quantitative estimate of drug-likeness (QED) is 0.850. The number of sulfone groups is 1. The van der Waals surface area contributed by atoms with Crippen LogP contribution in [0.15, 0.2) is 58.3 Å². The van der Waals surface area contributed by atoms with E-state index in [2.05, 4.69) is 0 Å². The van der Waals surface area contributed by atoms with Crippen LogP contribution in [0, 0.1) is 0 Å². The summed E-state index contributed by atoms with van der Waals surface area (Å²) in [6.45, 7) is 3.26. The molecule has 2 rings (SSSR count). The van der Waals surface area contributed by atoms with Crippen molar-refractivity contribution in [2.45, 2.75) is 48.7 Å². The SMILES string of the molecule is C[C@H](O)Cc1ccccc1S(=O)(=O)c1ccccc1C[C@H](C)O. The van der Waals surface area contributed by atoms with Crippen LogP contribution in [0.5, 0.6) is 0 Å². The van der Waals surface area contributed by atoms with Gasteiger partial charge in [-0.2, -0.15) is 0 Å². The second kappa shape index (κ2) is 7.25. The maximum atomic E-state index is 13.1. The molecular weight excluding hydrogens is 312 g/mol. The zero-order valence-electron chi connectivity index (χ0n) is 13.3. The Morgan fingerprint density at radius 1 is 0.783 bits per heavy atom. The van der Waals surface area contributed by atoms with Gasteiger partial charge in [-0.15, -0.1) is 0 Å². The van der Waals surface area contributed by atoms with Crippen LogP contribution < -0.4 is 0 Å². The van der Waals surface area contributed by atoms with Crippen molar-refractivity contribution in [3.63, 3.8) is 0 Å². The summed E-state index contributed by atoms with van der Waals surface area (Å²) < 4.78 is 26.2. The van der Waals surface area contributed by atoms with Crippen LogP contribution in [-0.4, -0.2) is 30.8 Å². The number of hydrogen-bond acceptors (Lipinski definition) is 4. The molecule has 0 saturated heterocycles. The fourth-order valence-corrected chi connectivity index (χ4v) is 4.37. The molecule has 0 aromatic heterocycles. The molecule has 2 N–H and O–H groups in total. The first-order chi connectivity index (χ1) is 10.8. The van der Waals surface area contributed by atoms with Gasteiger partial charge in [0.15, 0.2) is 0 Å². The van der Waals surface area contributed by atoms with Gasteiger partial charge >= 0.3 is 0 Å². The number of aliphatic hydroxyl groups is 2. The summed E-state index contributed by atoms with van der Waals surface area (Å²) in [4.78, 5) is 0.415. The first-order valence-electron chi connectivity index (χ1n) is 7.59. The van der Waals surface area contributed by atoms with Gasteiger partial charge in [0.05, 0.1) is 22.0 Å². The van der Waals surface area contributed by atoms with Crippen molar-refractivity contribution in [1.29, 1.82) is 0 Å². The maximum absolute atomic E-state index is 13.1. The summed E-state index contributed by atoms with van der Waals surface area (Å²) in [5, 5.41) is 19.2. The maximum Gasteiger partial charge on any atom is 0.207 e. The van der Waals surface area contributed by atoms with Crippen LogP contribution in [0.2, 0.25) is 0 Å². The molecule has 0 heterocycles. The summed E-state index contributed by atoms with van der Waals surface area (Å²) in [5.41, 5.74) is 1.18. The predicted octanol–water partition coefficient (Wildman–Crippen LogP) is 2.37. The number of benzene rings is 2. The van der Waals surface area contributed by atoms with Crippen molar-refractivity contribution in [2.24, 2.45) is 0 Å². The lowest BCUT2D eigenvalue weighted by atomic mass is 10.1. The Kier molecular flexibility index (Phi) is 5.57. The summed E-state index contributed by atoms with van der Waals surface area (Å²) in [7, 11) is -3.71. The fourth-order valence-electron chi connectivity index (χ4n) is 2.62. The van der Waals surface area contributed by atoms with E-state index in [0.29, 0.717) is 11.1 Å². The van der Waals surface area contributed by atoms with Crippen molar-refractivity contribution < 1.29 is 18.6 Å². The molecule has 0 saturated carbocycles. The third-order valence-electron chi connectivity index (χ3n) is 3.55. The molecule has 0 spiro atoms. The van der Waals surface area contributed by atoms with E-state index >= 15 is 0 Å². The van der Waals surface area contributed by atoms with Gasteiger partial charge in [-0.3, -0.25) is 0 Å². The van der Waals surface area contributed by atoms with Gasteiger partial charge in [0.1, 0.15) is 0 Å². The number of aliphatic hydroxyl groups excluding tert-OH is 2. The van der Waals surface area contributed by atoms with Crippen LogP contribution in [0.25, 0.3) is 0 Å². The van der Waals surface area contributed by atoms with Gasteiger partial charge in [0, 0.05) is 0 Å². The van der Waals surface area contributed by atoms with E-state index in [-0.39, 0.29) is 22.6 Å². The molecule has 23 heavy (non-hydrogen) atoms. The Bertz CT molecular complexity index is 705. The molecule has 0 unspecified atom stereocenters. The van der Waals surface area contributed by atoms with Crippen LogP contribution in [0.3, 0.4) is 0 Å². The molecule has 2 aromatic rings. The van der Waals surface area contributed by atoms with Gasteiger partial charge in [-0.05, 0) is 49.9 Å². The largest absolute Gasteiger partial charge is 0.393 e. The second-order valence-electron chi connectivity index (χ2n) is 5.83. The Morgan fingerprint density at radius 2 is 1.13 bits per heavy atom. The highest BCUT2D eigenvalue weighted by atomic mass is 32.2. The topological polar surface area (TPSA) is 74.6 Å². The molecule has 0 amide bonds. The van der Waals surface area contributed by atoms with Crippen LogP contribution in [-0.2, 0) is 22.7 Å². The molecular formula is C18H22O4S. The monoisotopic (exact) mass is 334 g/mol. The first-order valence-corrected chi connectivity index (χ1v) is 9.07. The number of rotatable bonds is 6. The minimum absolute atomic E-state index is 0.207. The van der Waals surface area contributed by atoms with E-state index in [9.17, 15) is 18.6 Å². The molecule has 4 nitrogen and oxygen atoms in total. The Balaban J connectivity index is 2.56. The van der Waals surface area contributed by atoms with Crippen molar-refractivity contribution in [3.8, 4) is 0 Å². The Hall–Kier alpha value is -1.69. The van der Waals surface area contributed by atoms with Crippen molar-refractivity contribution in [2.75, 3.05) is 0 Å². The third-order valence-corrected chi connectivity index (χ3v) is 5.51. The van der Waals surface area contributed by atoms with Gasteiger partial charge in [-0.25, -0.2) is 8.42 Å². The molecule has 0 fully saturated rings. The molecule has 124 valence electrons. The van der Waals surface area contributed by atoms with Crippen molar-refractivity contribution >= 4 is 9.84 Å². The van der Waals surface area contributed by atoms with E-state index in [1.807, 2.05) is 0 Å². The highest BCUT2D eigenvalue weighted by molar-refractivity contribution is 7.91. The normalized spacial score (nSPS) is 14.4. The fraction of sp³-hybridized carbons (Fsp3) is 0.333. The number of hydrogen-bond donors (Lipinski definition) is 2. The lowest BCUT2D eigenvalue weighted by molar-refractivity contribution is 0.194. The second-order valence-corrected chi connectivity index (χ2v) is 7.71. The van der Waals surface area contributed by atoms with Gasteiger partial charge in [0.2, 0.25) is 9.84 Å². The highest BCUT2D eigenvalue weighted by Gasteiger charge is 2.24. The first kappa shape index (κ1) is 17.7. The van der Waals surface area contributed by atoms with E-state index in [4.69, 9.17) is 0 Å². The van der Waals surface area contributed by atoms with Crippen molar-refractivity contribution in [1.82, 2.24) is 0 Å². The van der Waals surface area contributed by atoms with Gasteiger partial charge in [0.25, 0.3) is 0 Å². The van der Waals surface area contributed by atoms with Crippen LogP contribution in [0.1, 0.15) is 25.0 Å². The zero-order valence-corrected chi connectivity index (χ0v) is 14.1. The summed E-state index contributed by atoms with van der Waals surface area (Å²) in [6.07, 6.45) is -0.708. The van der Waals surface area contributed by atoms with E-state index in [1.54, 1.807) is 62.4 Å². The van der Waals surface area contributed by atoms with Gasteiger partial charge in [-0.1, -0.05) is 36.4 Å². The van der Waals surface area contributed by atoms with Crippen LogP contribution in [0.4, 0.5) is 0 Å². The lowest BCUT2D eigenvalue weighted by Crippen LogP contribution is -2.14. The molecule has 2 aromatic carbocycles. The molecule has 0 bridgehead atoms. The smallest absolute Gasteiger partial charge is 0.207 e. The standard InChI is InChI=1S/C18H22O4S/c1-13(19)11-15-7-3-5-9-17(15)23(21,22)18-10-6-4-8-16(18)12-14(2)20/h3-10,13-14,19-20H,11-12H2,1-2H3/t13-,14-/m0/s1. The third kappa shape index (κ3) is 4.19. The Labute approximate surface area is 137 Å². The molecule has 0 aliphatic heterocycles. The van der Waals surface area contributed by atoms with E-state index in [0.717, 1.165) is 0 Å². The molecule has 0 aliphatic carbocycles. The molecule has 0 aliphatic rings. The van der Waals surface area contributed by atoms with Crippen LogP contribution >= 0.6 is 0 Å². The van der Waals surface area contributed by atoms with E-state index in [1.165, 1.54) is 0 Å². The predicted molar refractivity (Wildman–Crippen MR) is 89.1 cm³/mol. The molecule has 5 heteroatoms. The molecule has 0 radical (unpaired) electrons. The summed E-state index contributed by atoms with van der Waals surface area (Å²) in [6, 6.07) is 13.4.